The smallest absolute Gasteiger partial charge is 0.226 e. The fraction of sp³-hybridized carbons (Fsp3) is 0.462. The first-order valence-corrected chi connectivity index (χ1v) is 6.49. The molecule has 0 aromatic heterocycles. The van der Waals surface area contributed by atoms with Crippen molar-refractivity contribution in [2.45, 2.75) is 31.8 Å². The van der Waals surface area contributed by atoms with Gasteiger partial charge < -0.3 is 15.8 Å². The second kappa shape index (κ2) is 6.07. The standard InChI is InChI=1S/C13H17ClN2O2/c14-9-4-5-12(11(15)8-9)16-13(17)6-7-18-10-2-1-3-10/h4-5,8,10H,1-3,6-7,15H2,(H,16,17). The van der Waals surface area contributed by atoms with E-state index in [9.17, 15) is 4.79 Å². The number of nitrogen functional groups attached to an aromatic ring is 1. The topological polar surface area (TPSA) is 64.3 Å². The van der Waals surface area contributed by atoms with Crippen LogP contribution in [0.1, 0.15) is 25.7 Å². The predicted octanol–water partition coefficient (Wildman–Crippen LogP) is 2.82. The zero-order valence-electron chi connectivity index (χ0n) is 10.1. The van der Waals surface area contributed by atoms with Gasteiger partial charge in [0.15, 0.2) is 0 Å². The van der Waals surface area contributed by atoms with E-state index in [0.29, 0.717) is 35.5 Å². The molecule has 1 aromatic rings. The van der Waals surface area contributed by atoms with E-state index in [0.717, 1.165) is 12.8 Å². The summed E-state index contributed by atoms with van der Waals surface area (Å²) in [4.78, 5) is 11.7. The van der Waals surface area contributed by atoms with Gasteiger partial charge in [-0.3, -0.25) is 4.79 Å². The molecule has 98 valence electrons. The van der Waals surface area contributed by atoms with Crippen LogP contribution in [0.2, 0.25) is 5.02 Å². The summed E-state index contributed by atoms with van der Waals surface area (Å²) < 4.78 is 5.52. The fourth-order valence-corrected chi connectivity index (χ4v) is 1.90. The van der Waals surface area contributed by atoms with Crippen molar-refractivity contribution in [3.8, 4) is 0 Å². The summed E-state index contributed by atoms with van der Waals surface area (Å²) in [5.41, 5.74) is 6.81. The summed E-state index contributed by atoms with van der Waals surface area (Å²) in [6.45, 7) is 0.462. The molecule has 0 bridgehead atoms. The SMILES string of the molecule is Nc1cc(Cl)ccc1NC(=O)CCOC1CCC1. The van der Waals surface area contributed by atoms with Crippen molar-refractivity contribution in [2.75, 3.05) is 17.7 Å². The average Bonchev–Trinajstić information content (AvgIpc) is 2.26. The lowest BCUT2D eigenvalue weighted by Crippen LogP contribution is -2.24. The Hall–Kier alpha value is -1.26. The van der Waals surface area contributed by atoms with Crippen molar-refractivity contribution in [3.05, 3.63) is 23.2 Å². The number of rotatable bonds is 5. The Bertz CT molecular complexity index is 433. The molecule has 0 aliphatic heterocycles. The minimum Gasteiger partial charge on any atom is -0.397 e. The number of amides is 1. The van der Waals surface area contributed by atoms with Gasteiger partial charge >= 0.3 is 0 Å². The van der Waals surface area contributed by atoms with Gasteiger partial charge in [0, 0.05) is 5.02 Å². The van der Waals surface area contributed by atoms with E-state index in [1.165, 1.54) is 6.42 Å². The van der Waals surface area contributed by atoms with Gasteiger partial charge in [-0.1, -0.05) is 11.6 Å². The molecule has 0 saturated heterocycles. The number of nitrogens with one attached hydrogen (secondary N) is 1. The van der Waals surface area contributed by atoms with Gasteiger partial charge in [-0.05, 0) is 37.5 Å². The Morgan fingerprint density at radius 3 is 2.89 bits per heavy atom. The van der Waals surface area contributed by atoms with Crippen LogP contribution in [0.25, 0.3) is 0 Å². The molecule has 1 aromatic carbocycles. The number of anilines is 2. The summed E-state index contributed by atoms with van der Waals surface area (Å²) in [6, 6.07) is 5.00. The highest BCUT2D eigenvalue weighted by Gasteiger charge is 2.17. The molecule has 1 saturated carbocycles. The number of carbonyl (C=O) groups is 1. The van der Waals surface area contributed by atoms with Crippen LogP contribution in [0.15, 0.2) is 18.2 Å². The van der Waals surface area contributed by atoms with Crippen LogP contribution in [-0.4, -0.2) is 18.6 Å². The van der Waals surface area contributed by atoms with Crippen molar-refractivity contribution in [1.82, 2.24) is 0 Å². The Labute approximate surface area is 111 Å². The molecule has 1 aliphatic rings. The van der Waals surface area contributed by atoms with E-state index in [1.807, 2.05) is 0 Å². The van der Waals surface area contributed by atoms with Gasteiger partial charge in [0.25, 0.3) is 0 Å². The molecule has 1 amide bonds. The minimum absolute atomic E-state index is 0.0941. The molecule has 0 heterocycles. The molecule has 0 atom stereocenters. The molecular weight excluding hydrogens is 252 g/mol. The molecule has 3 N–H and O–H groups in total. The first-order valence-electron chi connectivity index (χ1n) is 6.11. The lowest BCUT2D eigenvalue weighted by Gasteiger charge is -2.25. The highest BCUT2D eigenvalue weighted by molar-refractivity contribution is 6.31. The van der Waals surface area contributed by atoms with Gasteiger partial charge in [0.2, 0.25) is 5.91 Å². The normalized spacial score (nSPS) is 15.2. The summed E-state index contributed by atoms with van der Waals surface area (Å²) in [5, 5.41) is 3.30. The van der Waals surface area contributed by atoms with E-state index < -0.39 is 0 Å². The van der Waals surface area contributed by atoms with E-state index in [2.05, 4.69) is 5.32 Å². The van der Waals surface area contributed by atoms with Crippen molar-refractivity contribution < 1.29 is 9.53 Å². The molecule has 4 nitrogen and oxygen atoms in total. The Kier molecular flexibility index (Phi) is 4.44. The maximum Gasteiger partial charge on any atom is 0.226 e. The molecule has 0 spiro atoms. The van der Waals surface area contributed by atoms with Crippen molar-refractivity contribution in [1.29, 1.82) is 0 Å². The molecule has 18 heavy (non-hydrogen) atoms. The van der Waals surface area contributed by atoms with Crippen LogP contribution in [0.5, 0.6) is 0 Å². The number of nitrogens with two attached hydrogens (primary N) is 1. The largest absolute Gasteiger partial charge is 0.397 e. The average molecular weight is 269 g/mol. The molecular formula is C13H17ClN2O2. The Morgan fingerprint density at radius 2 is 2.28 bits per heavy atom. The highest BCUT2D eigenvalue weighted by Crippen LogP contribution is 2.23. The molecule has 5 heteroatoms. The maximum atomic E-state index is 11.7. The van der Waals surface area contributed by atoms with Crippen LogP contribution < -0.4 is 11.1 Å². The first-order chi connectivity index (χ1) is 8.65. The zero-order chi connectivity index (χ0) is 13.0. The van der Waals surface area contributed by atoms with Crippen LogP contribution in [0.3, 0.4) is 0 Å². The van der Waals surface area contributed by atoms with Gasteiger partial charge in [-0.2, -0.15) is 0 Å². The number of hydrogen-bond acceptors (Lipinski definition) is 3. The van der Waals surface area contributed by atoms with E-state index in [1.54, 1.807) is 18.2 Å². The first kappa shape index (κ1) is 13.2. The van der Waals surface area contributed by atoms with Crippen molar-refractivity contribution in [2.24, 2.45) is 0 Å². The number of carbonyl (C=O) groups excluding carboxylic acids is 1. The predicted molar refractivity (Wildman–Crippen MR) is 72.7 cm³/mol. The molecule has 0 radical (unpaired) electrons. The van der Waals surface area contributed by atoms with Gasteiger partial charge in [-0.15, -0.1) is 0 Å². The third-order valence-electron chi connectivity index (χ3n) is 3.02. The number of benzene rings is 1. The van der Waals surface area contributed by atoms with E-state index in [-0.39, 0.29) is 5.91 Å². The van der Waals surface area contributed by atoms with Gasteiger partial charge in [0.1, 0.15) is 0 Å². The summed E-state index contributed by atoms with van der Waals surface area (Å²) in [7, 11) is 0. The Balaban J connectivity index is 1.75. The van der Waals surface area contributed by atoms with Crippen LogP contribution >= 0.6 is 11.6 Å². The van der Waals surface area contributed by atoms with E-state index >= 15 is 0 Å². The van der Waals surface area contributed by atoms with Crippen LogP contribution in [0, 0.1) is 0 Å². The van der Waals surface area contributed by atoms with Crippen molar-refractivity contribution in [3.63, 3.8) is 0 Å². The maximum absolute atomic E-state index is 11.7. The van der Waals surface area contributed by atoms with Gasteiger partial charge in [-0.25, -0.2) is 0 Å². The second-order valence-electron chi connectivity index (χ2n) is 4.45. The van der Waals surface area contributed by atoms with Crippen LogP contribution in [0.4, 0.5) is 11.4 Å². The third kappa shape index (κ3) is 3.62. The van der Waals surface area contributed by atoms with Crippen LogP contribution in [-0.2, 0) is 9.53 Å². The number of halogens is 1. The fourth-order valence-electron chi connectivity index (χ4n) is 1.72. The molecule has 0 unspecified atom stereocenters. The quantitative estimate of drug-likeness (QED) is 0.807. The number of ether oxygens (including phenoxy) is 1. The highest BCUT2D eigenvalue weighted by atomic mass is 35.5. The Morgan fingerprint density at radius 1 is 1.50 bits per heavy atom. The number of hydrogen-bond donors (Lipinski definition) is 2. The second-order valence-corrected chi connectivity index (χ2v) is 4.89. The lowest BCUT2D eigenvalue weighted by molar-refractivity contribution is -0.118. The third-order valence-corrected chi connectivity index (χ3v) is 3.26. The molecule has 1 aliphatic carbocycles. The monoisotopic (exact) mass is 268 g/mol. The molecule has 2 rings (SSSR count). The lowest BCUT2D eigenvalue weighted by atomic mass is 9.96. The minimum atomic E-state index is -0.0941. The summed E-state index contributed by atoms with van der Waals surface area (Å²) >= 11 is 5.78. The van der Waals surface area contributed by atoms with E-state index in [4.69, 9.17) is 22.1 Å². The zero-order valence-corrected chi connectivity index (χ0v) is 10.9. The summed E-state index contributed by atoms with van der Waals surface area (Å²) in [6.07, 6.45) is 4.17. The summed E-state index contributed by atoms with van der Waals surface area (Å²) in [5.74, 6) is -0.0941. The van der Waals surface area contributed by atoms with Crippen molar-refractivity contribution >= 4 is 28.9 Å². The van der Waals surface area contributed by atoms with Gasteiger partial charge in [0.05, 0.1) is 30.5 Å². The molecule has 1 fully saturated rings.